The Morgan fingerprint density at radius 1 is 1.03 bits per heavy atom. The van der Waals surface area contributed by atoms with Crippen LogP contribution in [0.4, 0.5) is 11.4 Å². The van der Waals surface area contributed by atoms with Crippen LogP contribution in [0.2, 0.25) is 0 Å². The maximum Gasteiger partial charge on any atom is 0.280 e. The van der Waals surface area contributed by atoms with Crippen LogP contribution in [0.15, 0.2) is 54.0 Å². The second kappa shape index (κ2) is 12.3. The number of guanidine groups is 1. The van der Waals surface area contributed by atoms with Gasteiger partial charge in [0.05, 0.1) is 0 Å². The molecule has 1 aliphatic rings. The Kier molecular flexibility index (Phi) is 9.14. The summed E-state index contributed by atoms with van der Waals surface area (Å²) >= 11 is 0. The minimum absolute atomic E-state index is 0.227. The van der Waals surface area contributed by atoms with Crippen LogP contribution in [0.5, 0.6) is 0 Å². The quantitative estimate of drug-likeness (QED) is 0.342. The number of rotatable bonds is 11. The molecule has 1 aliphatic heterocycles. The molecule has 1 heterocycles. The van der Waals surface area contributed by atoms with E-state index in [0.717, 1.165) is 61.4 Å². The van der Waals surface area contributed by atoms with Crippen LogP contribution in [-0.2, 0) is 0 Å². The minimum Gasteiger partial charge on any atom is -0.383 e. The highest BCUT2D eigenvalue weighted by atomic mass is 16.1. The van der Waals surface area contributed by atoms with Crippen molar-refractivity contribution in [3.63, 3.8) is 0 Å². The van der Waals surface area contributed by atoms with Crippen LogP contribution in [0, 0.1) is 0 Å². The summed E-state index contributed by atoms with van der Waals surface area (Å²) in [5.74, 6) is 0.704. The number of carbonyl (C=O) groups excluding carboxylic acids is 1. The van der Waals surface area contributed by atoms with E-state index in [1.165, 1.54) is 5.56 Å². The number of aliphatic imine (C=N–C) groups is 1. The summed E-state index contributed by atoms with van der Waals surface area (Å²) in [5, 5.41) is 13.2. The topological polar surface area (TPSA) is 77.5 Å². The van der Waals surface area contributed by atoms with E-state index in [0.29, 0.717) is 23.5 Å². The van der Waals surface area contributed by atoms with Gasteiger partial charge in [-0.25, -0.2) is 0 Å². The summed E-state index contributed by atoms with van der Waals surface area (Å²) in [4.78, 5) is 17.1. The molecular weight excluding hydrogens is 422 g/mol. The molecule has 0 aliphatic carbocycles. The summed E-state index contributed by atoms with van der Waals surface area (Å²) < 4.78 is 0. The Labute approximate surface area is 204 Å². The molecular formula is C28H39N5O. The van der Waals surface area contributed by atoms with Gasteiger partial charge in [-0.2, -0.15) is 4.99 Å². The molecule has 34 heavy (non-hydrogen) atoms. The first kappa shape index (κ1) is 25.3. The van der Waals surface area contributed by atoms with Gasteiger partial charge in [-0.05, 0) is 74.1 Å². The fraction of sp³-hybridized carbons (Fsp3) is 0.429. The third-order valence-corrected chi connectivity index (χ3v) is 5.89. The summed E-state index contributed by atoms with van der Waals surface area (Å²) in [6.45, 7) is 14.4. The van der Waals surface area contributed by atoms with E-state index in [4.69, 9.17) is 0 Å². The molecule has 0 radical (unpaired) electrons. The fourth-order valence-corrected chi connectivity index (χ4v) is 4.34. The highest BCUT2D eigenvalue weighted by Crippen LogP contribution is 2.35. The molecule has 0 saturated carbocycles. The number of carbonyl (C=O) groups is 1. The van der Waals surface area contributed by atoms with Gasteiger partial charge in [0.15, 0.2) is 5.96 Å². The molecule has 0 spiro atoms. The third kappa shape index (κ3) is 6.86. The van der Waals surface area contributed by atoms with Gasteiger partial charge in [0.2, 0.25) is 0 Å². The van der Waals surface area contributed by atoms with E-state index in [1.54, 1.807) is 0 Å². The fourth-order valence-electron chi connectivity index (χ4n) is 4.34. The van der Waals surface area contributed by atoms with Crippen LogP contribution in [0.25, 0.3) is 5.70 Å². The standard InChI is InChI=1S/C28H39N5O/c1-6-9-21(10-7-2)25-18-23(27(34)33-28-29-15-16-30-28)13-14-26(25)32-24-12-8-11-22(17-24)20(5)31-19(3)4/h8,11-14,17-19,21,31-32H,5-7,9-10,15-16H2,1-4H3,(H2,29,30,33,34). The van der Waals surface area contributed by atoms with Gasteiger partial charge in [0.1, 0.15) is 0 Å². The van der Waals surface area contributed by atoms with E-state index in [1.807, 2.05) is 24.3 Å². The highest BCUT2D eigenvalue weighted by Gasteiger charge is 2.18. The zero-order chi connectivity index (χ0) is 24.5. The average Bonchev–Trinajstić information content (AvgIpc) is 3.32. The SMILES string of the molecule is C=C(NC(C)C)c1cccc(Nc2ccc(C(=O)N=C3NCCN3)cc2C(CCC)CCC)c1. The molecule has 1 amide bonds. The van der Waals surface area contributed by atoms with Gasteiger partial charge >= 0.3 is 0 Å². The predicted octanol–water partition coefficient (Wildman–Crippen LogP) is 5.77. The van der Waals surface area contributed by atoms with E-state index < -0.39 is 0 Å². The van der Waals surface area contributed by atoms with Crippen molar-refractivity contribution in [3.05, 3.63) is 65.7 Å². The lowest BCUT2D eigenvalue weighted by Crippen LogP contribution is -2.25. The van der Waals surface area contributed by atoms with Crippen molar-refractivity contribution in [3.8, 4) is 0 Å². The van der Waals surface area contributed by atoms with Crippen LogP contribution in [0.1, 0.15) is 80.8 Å². The largest absolute Gasteiger partial charge is 0.383 e. The van der Waals surface area contributed by atoms with Gasteiger partial charge in [-0.3, -0.25) is 4.79 Å². The lowest BCUT2D eigenvalue weighted by molar-refractivity contribution is 0.100. The number of nitrogens with zero attached hydrogens (tertiary/aromatic N) is 1. The number of anilines is 2. The predicted molar refractivity (Wildman–Crippen MR) is 144 cm³/mol. The number of hydrogen-bond acceptors (Lipinski definition) is 3. The third-order valence-electron chi connectivity index (χ3n) is 5.89. The summed E-state index contributed by atoms with van der Waals surface area (Å²) in [6, 6.07) is 14.5. The van der Waals surface area contributed by atoms with Crippen LogP contribution < -0.4 is 21.3 Å². The number of amides is 1. The number of hydrogen-bond donors (Lipinski definition) is 4. The van der Waals surface area contributed by atoms with Crippen LogP contribution in [0.3, 0.4) is 0 Å². The summed E-state index contributed by atoms with van der Waals surface area (Å²) in [5.41, 5.74) is 5.78. The number of benzene rings is 2. The zero-order valence-corrected chi connectivity index (χ0v) is 21.0. The molecule has 2 aromatic carbocycles. The molecule has 0 aromatic heterocycles. The maximum absolute atomic E-state index is 12.9. The smallest absolute Gasteiger partial charge is 0.280 e. The van der Waals surface area contributed by atoms with Crippen molar-refractivity contribution in [1.29, 1.82) is 0 Å². The molecule has 1 fully saturated rings. The second-order valence-corrected chi connectivity index (χ2v) is 9.18. The number of nitrogens with one attached hydrogen (secondary N) is 4. The van der Waals surface area contributed by atoms with E-state index in [-0.39, 0.29) is 5.91 Å². The van der Waals surface area contributed by atoms with Crippen molar-refractivity contribution >= 4 is 28.9 Å². The van der Waals surface area contributed by atoms with E-state index in [2.05, 4.69) is 78.7 Å². The van der Waals surface area contributed by atoms with Gasteiger partial charge in [-0.15, -0.1) is 0 Å². The Hall–Kier alpha value is -3.28. The summed E-state index contributed by atoms with van der Waals surface area (Å²) in [6.07, 6.45) is 4.34. The van der Waals surface area contributed by atoms with Crippen molar-refractivity contribution in [1.82, 2.24) is 16.0 Å². The molecule has 0 atom stereocenters. The second-order valence-electron chi connectivity index (χ2n) is 9.18. The van der Waals surface area contributed by atoms with Crippen LogP contribution >= 0.6 is 0 Å². The zero-order valence-electron chi connectivity index (χ0n) is 21.0. The van der Waals surface area contributed by atoms with Gasteiger partial charge in [0, 0.05) is 41.8 Å². The molecule has 6 nitrogen and oxygen atoms in total. The van der Waals surface area contributed by atoms with Gasteiger partial charge in [0.25, 0.3) is 5.91 Å². The normalized spacial score (nSPS) is 12.9. The molecule has 0 bridgehead atoms. The summed E-state index contributed by atoms with van der Waals surface area (Å²) in [7, 11) is 0. The molecule has 2 aromatic rings. The van der Waals surface area contributed by atoms with Gasteiger partial charge < -0.3 is 21.3 Å². The first-order valence-corrected chi connectivity index (χ1v) is 12.5. The molecule has 182 valence electrons. The molecule has 1 saturated heterocycles. The first-order chi connectivity index (χ1) is 16.4. The molecule has 3 rings (SSSR count). The molecule has 6 heteroatoms. The van der Waals surface area contributed by atoms with Crippen molar-refractivity contribution < 1.29 is 4.79 Å². The Balaban J connectivity index is 1.93. The van der Waals surface area contributed by atoms with Crippen molar-refractivity contribution in [2.24, 2.45) is 4.99 Å². The van der Waals surface area contributed by atoms with Crippen molar-refractivity contribution in [2.45, 2.75) is 65.3 Å². The average molecular weight is 462 g/mol. The first-order valence-electron chi connectivity index (χ1n) is 12.5. The molecule has 4 N–H and O–H groups in total. The lowest BCUT2D eigenvalue weighted by Gasteiger charge is -2.22. The van der Waals surface area contributed by atoms with Crippen molar-refractivity contribution in [2.75, 3.05) is 18.4 Å². The Morgan fingerprint density at radius 3 is 2.38 bits per heavy atom. The van der Waals surface area contributed by atoms with Gasteiger partial charge in [-0.1, -0.05) is 45.4 Å². The minimum atomic E-state index is -0.227. The highest BCUT2D eigenvalue weighted by molar-refractivity contribution is 6.03. The Morgan fingerprint density at radius 2 is 1.74 bits per heavy atom. The maximum atomic E-state index is 12.9. The molecule has 0 unspecified atom stereocenters. The monoisotopic (exact) mass is 461 g/mol. The van der Waals surface area contributed by atoms with E-state index >= 15 is 0 Å². The lowest BCUT2D eigenvalue weighted by atomic mass is 9.88. The van der Waals surface area contributed by atoms with Crippen LogP contribution in [-0.4, -0.2) is 31.0 Å². The van der Waals surface area contributed by atoms with E-state index in [9.17, 15) is 4.79 Å². The Bertz CT molecular complexity index is 1010.